The zero-order chi connectivity index (χ0) is 18.2. The number of amides is 1. The Morgan fingerprint density at radius 1 is 1.32 bits per heavy atom. The average Bonchev–Trinajstić information content (AvgIpc) is 2.77. The van der Waals surface area contributed by atoms with Gasteiger partial charge in [-0.3, -0.25) is 4.79 Å². The Labute approximate surface area is 148 Å². The van der Waals surface area contributed by atoms with Gasteiger partial charge in [-0.2, -0.15) is 0 Å². The first-order chi connectivity index (χ1) is 11.8. The summed E-state index contributed by atoms with van der Waals surface area (Å²) >= 11 is 0. The molecule has 0 bridgehead atoms. The Kier molecular flexibility index (Phi) is 4.60. The van der Waals surface area contributed by atoms with E-state index in [-0.39, 0.29) is 25.0 Å². The molecule has 0 aromatic heterocycles. The number of nitrogens with one attached hydrogen (secondary N) is 1. The van der Waals surface area contributed by atoms with Crippen LogP contribution < -0.4 is 10.2 Å². The average molecular weight is 346 g/mol. The fraction of sp³-hybridized carbons (Fsp3) is 0.579. The molecule has 1 saturated heterocycles. The SMILES string of the molecule is CC(C)(C)OC(=O)c1ccc2c(c1)C1(CCNCC1)C(=O)N2CCO. The van der Waals surface area contributed by atoms with Crippen molar-refractivity contribution in [3.05, 3.63) is 29.3 Å². The molecular weight excluding hydrogens is 320 g/mol. The van der Waals surface area contributed by atoms with Gasteiger partial charge in [0, 0.05) is 12.2 Å². The van der Waals surface area contributed by atoms with Gasteiger partial charge in [0.15, 0.2) is 0 Å². The Balaban J connectivity index is 2.03. The van der Waals surface area contributed by atoms with Crippen LogP contribution in [0.15, 0.2) is 18.2 Å². The van der Waals surface area contributed by atoms with Crippen LogP contribution >= 0.6 is 0 Å². The molecular formula is C19H26N2O4. The van der Waals surface area contributed by atoms with E-state index in [0.29, 0.717) is 18.4 Å². The highest BCUT2D eigenvalue weighted by atomic mass is 16.6. The molecule has 2 aliphatic rings. The van der Waals surface area contributed by atoms with Gasteiger partial charge in [-0.1, -0.05) is 0 Å². The number of benzene rings is 1. The molecule has 6 nitrogen and oxygen atoms in total. The van der Waals surface area contributed by atoms with Crippen molar-refractivity contribution in [2.45, 2.75) is 44.6 Å². The van der Waals surface area contributed by atoms with Crippen molar-refractivity contribution in [1.29, 1.82) is 0 Å². The van der Waals surface area contributed by atoms with Gasteiger partial charge in [0.25, 0.3) is 0 Å². The lowest BCUT2D eigenvalue weighted by Crippen LogP contribution is -2.47. The van der Waals surface area contributed by atoms with Crippen LogP contribution in [0, 0.1) is 0 Å². The fourth-order valence-electron chi connectivity index (χ4n) is 3.76. The highest BCUT2D eigenvalue weighted by Crippen LogP contribution is 2.47. The molecule has 0 atom stereocenters. The van der Waals surface area contributed by atoms with Crippen LogP contribution in [0.2, 0.25) is 0 Å². The molecule has 2 heterocycles. The van der Waals surface area contributed by atoms with Crippen LogP contribution in [-0.2, 0) is 14.9 Å². The van der Waals surface area contributed by atoms with Crippen molar-refractivity contribution in [2.24, 2.45) is 0 Å². The number of β-amino-alcohol motifs (C(OH)–C–C–N with tert-alkyl or cyclic N) is 1. The monoisotopic (exact) mass is 346 g/mol. The predicted molar refractivity (Wildman–Crippen MR) is 94.8 cm³/mol. The first-order valence-electron chi connectivity index (χ1n) is 8.80. The number of aliphatic hydroxyl groups is 1. The van der Waals surface area contributed by atoms with Gasteiger partial charge in [-0.05, 0) is 70.5 Å². The molecule has 1 amide bonds. The van der Waals surface area contributed by atoms with Crippen LogP contribution in [0.3, 0.4) is 0 Å². The van der Waals surface area contributed by atoms with E-state index in [1.165, 1.54) is 0 Å². The fourth-order valence-corrected chi connectivity index (χ4v) is 3.76. The van der Waals surface area contributed by atoms with Crippen LogP contribution in [0.4, 0.5) is 5.69 Å². The Bertz CT molecular complexity index is 687. The Morgan fingerprint density at radius 2 is 2.00 bits per heavy atom. The Morgan fingerprint density at radius 3 is 2.60 bits per heavy atom. The molecule has 3 rings (SSSR count). The molecule has 0 radical (unpaired) electrons. The lowest BCUT2D eigenvalue weighted by molar-refractivity contribution is -0.124. The van der Waals surface area contributed by atoms with Crippen LogP contribution in [0.5, 0.6) is 0 Å². The van der Waals surface area contributed by atoms with Gasteiger partial charge in [0.1, 0.15) is 5.60 Å². The predicted octanol–water partition coefficient (Wildman–Crippen LogP) is 1.60. The second-order valence-electron chi connectivity index (χ2n) is 7.75. The van der Waals surface area contributed by atoms with E-state index in [2.05, 4.69) is 5.32 Å². The van der Waals surface area contributed by atoms with Crippen molar-refractivity contribution >= 4 is 17.6 Å². The molecule has 0 saturated carbocycles. The first-order valence-corrected chi connectivity index (χ1v) is 8.80. The minimum absolute atomic E-state index is 0.0272. The number of carbonyl (C=O) groups excluding carboxylic acids is 2. The van der Waals surface area contributed by atoms with Gasteiger partial charge in [-0.25, -0.2) is 4.79 Å². The molecule has 2 N–H and O–H groups in total. The summed E-state index contributed by atoms with van der Waals surface area (Å²) in [5, 5.41) is 12.6. The molecule has 1 fully saturated rings. The van der Waals surface area contributed by atoms with E-state index in [1.54, 1.807) is 17.0 Å². The molecule has 1 aromatic carbocycles. The summed E-state index contributed by atoms with van der Waals surface area (Å²) in [5.74, 6) is -0.355. The quantitative estimate of drug-likeness (QED) is 0.813. The van der Waals surface area contributed by atoms with E-state index < -0.39 is 11.0 Å². The van der Waals surface area contributed by atoms with Crippen molar-refractivity contribution in [1.82, 2.24) is 5.32 Å². The number of esters is 1. The maximum atomic E-state index is 13.1. The highest BCUT2D eigenvalue weighted by molar-refractivity contribution is 6.09. The summed E-state index contributed by atoms with van der Waals surface area (Å²) < 4.78 is 5.47. The smallest absolute Gasteiger partial charge is 0.338 e. The molecule has 1 spiro atoms. The molecule has 0 unspecified atom stereocenters. The van der Waals surface area contributed by atoms with Crippen LogP contribution in [-0.4, -0.2) is 48.8 Å². The maximum Gasteiger partial charge on any atom is 0.338 e. The summed E-state index contributed by atoms with van der Waals surface area (Å²) in [6.07, 6.45) is 1.39. The largest absolute Gasteiger partial charge is 0.456 e. The topological polar surface area (TPSA) is 78.9 Å². The number of rotatable bonds is 3. The highest BCUT2D eigenvalue weighted by Gasteiger charge is 2.51. The third kappa shape index (κ3) is 3.16. The summed E-state index contributed by atoms with van der Waals surface area (Å²) in [6.45, 7) is 7.20. The van der Waals surface area contributed by atoms with Crippen molar-refractivity contribution in [3.63, 3.8) is 0 Å². The van der Waals surface area contributed by atoms with Crippen molar-refractivity contribution in [3.8, 4) is 0 Å². The number of ether oxygens (including phenoxy) is 1. The zero-order valence-electron chi connectivity index (χ0n) is 15.1. The summed E-state index contributed by atoms with van der Waals surface area (Å²) in [6, 6.07) is 5.31. The van der Waals surface area contributed by atoms with Gasteiger partial charge in [0.05, 0.1) is 17.6 Å². The van der Waals surface area contributed by atoms with E-state index in [4.69, 9.17) is 4.74 Å². The lowest BCUT2D eigenvalue weighted by atomic mass is 9.74. The molecule has 2 aliphatic heterocycles. The number of fused-ring (bicyclic) bond motifs is 2. The number of piperidine rings is 1. The number of hydrogen-bond acceptors (Lipinski definition) is 5. The summed E-state index contributed by atoms with van der Waals surface area (Å²) in [5.41, 5.74) is 0.976. The molecule has 25 heavy (non-hydrogen) atoms. The van der Waals surface area contributed by atoms with E-state index >= 15 is 0 Å². The maximum absolute atomic E-state index is 13.1. The second kappa shape index (κ2) is 6.42. The molecule has 1 aromatic rings. The minimum atomic E-state index is -0.603. The third-order valence-electron chi connectivity index (χ3n) is 4.87. The van der Waals surface area contributed by atoms with Gasteiger partial charge < -0.3 is 20.1 Å². The number of aliphatic hydroxyl groups excluding tert-OH is 1. The number of nitrogens with zero attached hydrogens (tertiary/aromatic N) is 1. The molecule has 136 valence electrons. The van der Waals surface area contributed by atoms with E-state index in [9.17, 15) is 14.7 Å². The van der Waals surface area contributed by atoms with Crippen LogP contribution in [0.1, 0.15) is 49.5 Å². The zero-order valence-corrected chi connectivity index (χ0v) is 15.1. The Hall–Kier alpha value is -1.92. The third-order valence-corrected chi connectivity index (χ3v) is 4.87. The van der Waals surface area contributed by atoms with E-state index in [1.807, 2.05) is 26.8 Å². The van der Waals surface area contributed by atoms with Gasteiger partial charge in [-0.15, -0.1) is 0 Å². The van der Waals surface area contributed by atoms with Gasteiger partial charge >= 0.3 is 5.97 Å². The van der Waals surface area contributed by atoms with Crippen molar-refractivity contribution < 1.29 is 19.4 Å². The summed E-state index contributed by atoms with van der Waals surface area (Å²) in [4.78, 5) is 27.2. The molecule has 0 aliphatic carbocycles. The van der Waals surface area contributed by atoms with Crippen molar-refractivity contribution in [2.75, 3.05) is 31.1 Å². The number of hydrogen-bond donors (Lipinski definition) is 2. The minimum Gasteiger partial charge on any atom is -0.456 e. The van der Waals surface area contributed by atoms with Gasteiger partial charge in [0.2, 0.25) is 5.91 Å². The molecule has 6 heteroatoms. The first kappa shape index (κ1) is 17.9. The number of carbonyl (C=O) groups is 2. The normalized spacial score (nSPS) is 19.2. The van der Waals surface area contributed by atoms with Crippen LogP contribution in [0.25, 0.3) is 0 Å². The lowest BCUT2D eigenvalue weighted by Gasteiger charge is -2.33. The second-order valence-corrected chi connectivity index (χ2v) is 7.75. The standard InChI is InChI=1S/C19H26N2O4/c1-18(2,3)25-16(23)13-4-5-15-14(12-13)19(6-8-20-9-7-19)17(24)21(15)10-11-22/h4-5,12,20,22H,6-11H2,1-3H3. The number of anilines is 1. The van der Waals surface area contributed by atoms with E-state index in [0.717, 1.165) is 24.3 Å². The summed E-state index contributed by atoms with van der Waals surface area (Å²) in [7, 11) is 0.